The van der Waals surface area contributed by atoms with Gasteiger partial charge in [-0.1, -0.05) is 12.8 Å². The van der Waals surface area contributed by atoms with Gasteiger partial charge in [0.05, 0.1) is 23.7 Å². The minimum atomic E-state index is -0.814. The van der Waals surface area contributed by atoms with Crippen molar-refractivity contribution >= 4 is 12.0 Å². The van der Waals surface area contributed by atoms with Crippen LogP contribution in [0.4, 0.5) is 4.79 Å². The van der Waals surface area contributed by atoms with E-state index in [9.17, 15) is 9.59 Å². The Labute approximate surface area is 147 Å². The van der Waals surface area contributed by atoms with Crippen LogP contribution >= 0.6 is 0 Å². The Kier molecular flexibility index (Phi) is 4.39. The fourth-order valence-corrected chi connectivity index (χ4v) is 4.45. The maximum atomic E-state index is 12.5. The van der Waals surface area contributed by atoms with Gasteiger partial charge < -0.3 is 15.3 Å². The number of carbonyl (C=O) groups excluding carboxylic acids is 1. The van der Waals surface area contributed by atoms with E-state index in [-0.39, 0.29) is 12.1 Å². The molecule has 0 bridgehead atoms. The average Bonchev–Trinajstić information content (AvgIpc) is 3.33. The Morgan fingerprint density at radius 1 is 1.16 bits per heavy atom. The van der Waals surface area contributed by atoms with Crippen LogP contribution in [0.3, 0.4) is 0 Å². The highest BCUT2D eigenvalue weighted by molar-refractivity contribution is 5.77. The van der Waals surface area contributed by atoms with E-state index in [0.29, 0.717) is 25.6 Å². The maximum absolute atomic E-state index is 12.5. The second-order valence-electron chi connectivity index (χ2n) is 7.62. The largest absolute Gasteiger partial charge is 0.481 e. The number of urea groups is 1. The smallest absolute Gasteiger partial charge is 0.317 e. The molecule has 2 unspecified atom stereocenters. The zero-order chi connectivity index (χ0) is 17.4. The van der Waals surface area contributed by atoms with E-state index in [1.807, 2.05) is 0 Å². The first-order chi connectivity index (χ1) is 12.1. The van der Waals surface area contributed by atoms with Crippen LogP contribution in [0.15, 0.2) is 6.20 Å². The van der Waals surface area contributed by atoms with E-state index < -0.39 is 11.9 Å². The number of fused-ring (bicyclic) bond motifs is 1. The number of likely N-dealkylation sites (tertiary alicyclic amines) is 1. The van der Waals surface area contributed by atoms with Gasteiger partial charge >= 0.3 is 12.0 Å². The predicted octanol–water partition coefficient (Wildman–Crippen LogP) is 2.49. The van der Waals surface area contributed by atoms with Gasteiger partial charge in [-0.05, 0) is 44.1 Å². The van der Waals surface area contributed by atoms with Gasteiger partial charge in [-0.3, -0.25) is 9.48 Å². The minimum absolute atomic E-state index is 0.0530. The Balaban J connectivity index is 1.44. The summed E-state index contributed by atoms with van der Waals surface area (Å²) in [5.41, 5.74) is 2.27. The van der Waals surface area contributed by atoms with E-state index in [1.165, 1.54) is 31.2 Å². The molecule has 1 saturated carbocycles. The number of aliphatic carboxylic acids is 1. The molecule has 2 heterocycles. The third-order valence-electron chi connectivity index (χ3n) is 5.93. The van der Waals surface area contributed by atoms with Crippen molar-refractivity contribution in [2.24, 2.45) is 5.92 Å². The number of amides is 2. The summed E-state index contributed by atoms with van der Waals surface area (Å²) in [4.78, 5) is 25.2. The van der Waals surface area contributed by atoms with Gasteiger partial charge in [0.1, 0.15) is 0 Å². The Hall–Kier alpha value is -2.05. The van der Waals surface area contributed by atoms with Gasteiger partial charge in [-0.15, -0.1) is 0 Å². The molecule has 1 aromatic rings. The van der Waals surface area contributed by atoms with Crippen LogP contribution in [0.1, 0.15) is 68.3 Å². The first-order valence-electron chi connectivity index (χ1n) is 9.48. The van der Waals surface area contributed by atoms with Crippen molar-refractivity contribution in [3.05, 3.63) is 17.5 Å². The number of carboxylic acids is 1. The van der Waals surface area contributed by atoms with Crippen molar-refractivity contribution in [1.29, 1.82) is 0 Å². The molecule has 25 heavy (non-hydrogen) atoms. The normalized spacial score (nSPS) is 26.6. The Morgan fingerprint density at radius 2 is 1.96 bits per heavy atom. The molecule has 2 aliphatic carbocycles. The number of carbonyl (C=O) groups is 2. The molecule has 1 aliphatic heterocycles. The van der Waals surface area contributed by atoms with E-state index in [4.69, 9.17) is 10.2 Å². The van der Waals surface area contributed by atoms with Crippen molar-refractivity contribution < 1.29 is 14.7 Å². The first-order valence-corrected chi connectivity index (χ1v) is 9.48. The summed E-state index contributed by atoms with van der Waals surface area (Å²) in [7, 11) is 0. The summed E-state index contributed by atoms with van der Waals surface area (Å²) in [6.07, 6.45) is 10.6. The predicted molar refractivity (Wildman–Crippen MR) is 91.3 cm³/mol. The van der Waals surface area contributed by atoms with E-state index in [1.54, 1.807) is 4.90 Å². The highest BCUT2D eigenvalue weighted by Gasteiger charge is 2.33. The molecule has 1 saturated heterocycles. The van der Waals surface area contributed by atoms with E-state index in [2.05, 4.69) is 16.2 Å². The summed E-state index contributed by atoms with van der Waals surface area (Å²) < 4.78 is 2.12. The van der Waals surface area contributed by atoms with Crippen LogP contribution in [-0.4, -0.2) is 44.9 Å². The average molecular weight is 346 g/mol. The summed E-state index contributed by atoms with van der Waals surface area (Å²) in [6.45, 7) is 0.816. The van der Waals surface area contributed by atoms with Crippen LogP contribution < -0.4 is 5.32 Å². The summed E-state index contributed by atoms with van der Waals surface area (Å²) >= 11 is 0. The van der Waals surface area contributed by atoms with Crippen LogP contribution in [0.5, 0.6) is 0 Å². The molecule has 2 atom stereocenters. The molecule has 4 rings (SSSR count). The minimum Gasteiger partial charge on any atom is -0.481 e. The quantitative estimate of drug-likeness (QED) is 0.880. The lowest BCUT2D eigenvalue weighted by Gasteiger charge is -2.25. The second kappa shape index (κ2) is 6.69. The van der Waals surface area contributed by atoms with Gasteiger partial charge in [-0.25, -0.2) is 4.79 Å². The molecule has 7 nitrogen and oxygen atoms in total. The summed E-state index contributed by atoms with van der Waals surface area (Å²) in [5.74, 6) is -1.25. The monoisotopic (exact) mass is 346 g/mol. The molecule has 3 aliphatic rings. The number of hydrogen-bond donors (Lipinski definition) is 2. The zero-order valence-corrected chi connectivity index (χ0v) is 14.5. The van der Waals surface area contributed by atoms with E-state index in [0.717, 1.165) is 25.0 Å². The molecule has 2 amide bonds. The van der Waals surface area contributed by atoms with Gasteiger partial charge in [0.25, 0.3) is 0 Å². The molecule has 2 fully saturated rings. The number of carboxylic acid groups (broad SMARTS) is 1. The van der Waals surface area contributed by atoms with Crippen LogP contribution in [0.2, 0.25) is 0 Å². The molecule has 2 N–H and O–H groups in total. The lowest BCUT2D eigenvalue weighted by Crippen LogP contribution is -2.41. The number of aryl methyl sites for hydroxylation is 1. The van der Waals surface area contributed by atoms with Crippen molar-refractivity contribution in [2.45, 2.75) is 63.5 Å². The Morgan fingerprint density at radius 3 is 2.68 bits per heavy atom. The topological polar surface area (TPSA) is 87.5 Å². The lowest BCUT2D eigenvalue weighted by molar-refractivity contribution is -0.141. The maximum Gasteiger partial charge on any atom is 0.317 e. The number of hydrogen-bond acceptors (Lipinski definition) is 3. The van der Waals surface area contributed by atoms with Crippen molar-refractivity contribution in [3.63, 3.8) is 0 Å². The van der Waals surface area contributed by atoms with E-state index >= 15 is 0 Å². The highest BCUT2D eigenvalue weighted by atomic mass is 16.4. The fraction of sp³-hybridized carbons (Fsp3) is 0.722. The van der Waals surface area contributed by atoms with Crippen LogP contribution in [-0.2, 0) is 11.2 Å². The molecule has 0 radical (unpaired) electrons. The number of aromatic nitrogens is 2. The summed E-state index contributed by atoms with van der Waals surface area (Å²) in [6, 6.07) is 0.302. The van der Waals surface area contributed by atoms with Crippen molar-refractivity contribution in [1.82, 2.24) is 20.0 Å². The van der Waals surface area contributed by atoms with Crippen LogP contribution in [0.25, 0.3) is 0 Å². The summed E-state index contributed by atoms with van der Waals surface area (Å²) in [5, 5.41) is 17.0. The van der Waals surface area contributed by atoms with Crippen molar-refractivity contribution in [3.8, 4) is 0 Å². The number of nitrogens with zero attached hydrogens (tertiary/aromatic N) is 3. The van der Waals surface area contributed by atoms with Gasteiger partial charge in [0.2, 0.25) is 0 Å². The molecule has 0 aromatic carbocycles. The standard InChI is InChI=1S/C18H26N4O3/c23-17(24)13-8-9-21(10-13)18(25)19-15-7-3-4-12-11-22(20-16(12)15)14-5-1-2-6-14/h11,13-15H,1-10H2,(H,19,25)(H,23,24). The zero-order valence-electron chi connectivity index (χ0n) is 14.5. The molecule has 0 spiro atoms. The van der Waals surface area contributed by atoms with Gasteiger partial charge in [0, 0.05) is 19.3 Å². The fourth-order valence-electron chi connectivity index (χ4n) is 4.45. The number of nitrogens with one attached hydrogen (secondary N) is 1. The second-order valence-corrected chi connectivity index (χ2v) is 7.62. The van der Waals surface area contributed by atoms with Crippen LogP contribution in [0, 0.1) is 5.92 Å². The molecular formula is C18H26N4O3. The third-order valence-corrected chi connectivity index (χ3v) is 5.93. The van der Waals surface area contributed by atoms with Gasteiger partial charge in [-0.2, -0.15) is 5.10 Å². The van der Waals surface area contributed by atoms with Gasteiger partial charge in [0.15, 0.2) is 0 Å². The Bertz CT molecular complexity index is 665. The molecule has 7 heteroatoms. The highest BCUT2D eigenvalue weighted by Crippen LogP contribution is 2.34. The number of rotatable bonds is 3. The third kappa shape index (κ3) is 3.24. The molecule has 1 aromatic heterocycles. The SMILES string of the molecule is O=C(O)C1CCN(C(=O)NC2CCCc3cn(C4CCCC4)nc32)C1. The lowest BCUT2D eigenvalue weighted by atomic mass is 9.94. The van der Waals surface area contributed by atoms with Crippen molar-refractivity contribution in [2.75, 3.05) is 13.1 Å². The molecular weight excluding hydrogens is 320 g/mol. The first kappa shape index (κ1) is 16.4. The molecule has 136 valence electrons.